The number of hydrazine groups is 1. The van der Waals surface area contributed by atoms with E-state index in [1.54, 1.807) is 6.92 Å². The number of aromatic amines is 1. The van der Waals surface area contributed by atoms with Crippen LogP contribution in [0.5, 0.6) is 5.75 Å². The second-order valence-corrected chi connectivity index (χ2v) is 6.39. The maximum Gasteiger partial charge on any atom is 0.316 e. The second kappa shape index (κ2) is 8.60. The van der Waals surface area contributed by atoms with Crippen LogP contribution in [0.25, 0.3) is 11.0 Å². The molecule has 30 heavy (non-hydrogen) atoms. The van der Waals surface area contributed by atoms with Crippen LogP contribution in [0.3, 0.4) is 0 Å². The lowest BCUT2D eigenvalue weighted by Crippen LogP contribution is -2.47. The normalized spacial score (nSPS) is 11.7. The van der Waals surface area contributed by atoms with E-state index in [2.05, 4.69) is 15.8 Å². The third kappa shape index (κ3) is 4.37. The number of rotatable bonds is 5. The summed E-state index contributed by atoms with van der Waals surface area (Å²) < 4.78 is 19.6. The monoisotopic (exact) mass is 414 g/mol. The Morgan fingerprint density at radius 3 is 2.50 bits per heavy atom. The molecule has 156 valence electrons. The molecular formula is C20H19FN4O5. The van der Waals surface area contributed by atoms with Gasteiger partial charge in [-0.3, -0.25) is 30.0 Å². The SMILES string of the molecule is CCn1c(=O)c(=O)[nH]c2cc(C(=O)NNC(=O)C(C)Oc3ccc(F)cc3)ccc21. The van der Waals surface area contributed by atoms with Gasteiger partial charge in [-0.25, -0.2) is 4.39 Å². The van der Waals surface area contributed by atoms with Crippen LogP contribution in [0.2, 0.25) is 0 Å². The van der Waals surface area contributed by atoms with E-state index in [-0.39, 0.29) is 5.56 Å². The number of halogens is 1. The van der Waals surface area contributed by atoms with Crippen LogP contribution in [0, 0.1) is 5.82 Å². The number of fused-ring (bicyclic) bond motifs is 1. The Morgan fingerprint density at radius 1 is 1.13 bits per heavy atom. The number of benzene rings is 2. The third-order valence-corrected chi connectivity index (χ3v) is 4.35. The van der Waals surface area contributed by atoms with Gasteiger partial charge < -0.3 is 14.3 Å². The van der Waals surface area contributed by atoms with Crippen LogP contribution in [-0.4, -0.2) is 27.5 Å². The first-order chi connectivity index (χ1) is 14.3. The third-order valence-electron chi connectivity index (χ3n) is 4.35. The number of H-pyrrole nitrogens is 1. The summed E-state index contributed by atoms with van der Waals surface area (Å²) in [6, 6.07) is 9.56. The molecule has 0 spiro atoms. The smallest absolute Gasteiger partial charge is 0.316 e. The van der Waals surface area contributed by atoms with E-state index in [0.717, 1.165) is 0 Å². The number of hydrogen-bond donors (Lipinski definition) is 3. The lowest BCUT2D eigenvalue weighted by molar-refractivity contribution is -0.128. The van der Waals surface area contributed by atoms with Crippen molar-refractivity contribution in [3.8, 4) is 5.75 Å². The maximum absolute atomic E-state index is 12.9. The number of hydrogen-bond acceptors (Lipinski definition) is 5. The van der Waals surface area contributed by atoms with Gasteiger partial charge in [-0.05, 0) is 56.3 Å². The summed E-state index contributed by atoms with van der Waals surface area (Å²) in [5, 5.41) is 0. The molecule has 2 amide bonds. The highest BCUT2D eigenvalue weighted by molar-refractivity contribution is 5.98. The van der Waals surface area contributed by atoms with Crippen LogP contribution in [-0.2, 0) is 11.3 Å². The zero-order chi connectivity index (χ0) is 21.8. The highest BCUT2D eigenvalue weighted by Gasteiger charge is 2.16. The fourth-order valence-electron chi connectivity index (χ4n) is 2.80. The van der Waals surface area contributed by atoms with Gasteiger partial charge in [0.05, 0.1) is 11.0 Å². The standard InChI is InChI=1S/C20H19FN4O5/c1-3-25-16-9-4-12(10-15(16)22-19(28)20(25)29)18(27)24-23-17(26)11(2)30-14-7-5-13(21)6-8-14/h4-11H,3H2,1-2H3,(H,22,28)(H,23,26)(H,24,27). The number of amides is 2. The van der Waals surface area contributed by atoms with Crippen molar-refractivity contribution in [1.82, 2.24) is 20.4 Å². The molecule has 0 aliphatic heterocycles. The Morgan fingerprint density at radius 2 is 1.83 bits per heavy atom. The summed E-state index contributed by atoms with van der Waals surface area (Å²) in [4.78, 5) is 50.6. The summed E-state index contributed by atoms with van der Waals surface area (Å²) in [5.41, 5.74) is 3.98. The average Bonchev–Trinajstić information content (AvgIpc) is 2.74. The number of aromatic nitrogens is 2. The molecule has 10 heteroatoms. The molecule has 0 radical (unpaired) electrons. The number of nitrogens with zero attached hydrogens (tertiary/aromatic N) is 1. The van der Waals surface area contributed by atoms with Crippen LogP contribution >= 0.6 is 0 Å². The highest BCUT2D eigenvalue weighted by Crippen LogP contribution is 2.13. The van der Waals surface area contributed by atoms with Crippen LogP contribution in [0.1, 0.15) is 24.2 Å². The van der Waals surface area contributed by atoms with Crippen molar-refractivity contribution < 1.29 is 18.7 Å². The number of carbonyl (C=O) groups excluding carboxylic acids is 2. The number of nitrogens with one attached hydrogen (secondary N) is 3. The summed E-state index contributed by atoms with van der Waals surface area (Å²) in [6.07, 6.45) is -0.956. The topological polar surface area (TPSA) is 122 Å². The number of aryl methyl sites for hydroxylation is 1. The zero-order valence-electron chi connectivity index (χ0n) is 16.2. The van der Waals surface area contributed by atoms with E-state index in [1.165, 1.54) is 54.0 Å². The Balaban J connectivity index is 1.68. The molecular weight excluding hydrogens is 395 g/mol. The first kappa shape index (κ1) is 20.8. The average molecular weight is 414 g/mol. The Bertz CT molecular complexity index is 1220. The summed E-state index contributed by atoms with van der Waals surface area (Å²) in [7, 11) is 0. The van der Waals surface area contributed by atoms with E-state index >= 15 is 0 Å². The Kier molecular flexibility index (Phi) is 5.95. The van der Waals surface area contributed by atoms with Crippen LogP contribution < -0.4 is 26.7 Å². The quantitative estimate of drug-likeness (QED) is 0.426. The molecule has 3 N–H and O–H groups in total. The summed E-state index contributed by atoms with van der Waals surface area (Å²) >= 11 is 0. The minimum Gasteiger partial charge on any atom is -0.481 e. The molecule has 3 rings (SSSR count). The predicted molar refractivity (Wildman–Crippen MR) is 107 cm³/mol. The van der Waals surface area contributed by atoms with Crippen molar-refractivity contribution in [2.45, 2.75) is 26.5 Å². The minimum atomic E-state index is -0.956. The van der Waals surface area contributed by atoms with Gasteiger partial charge >= 0.3 is 11.1 Å². The van der Waals surface area contributed by atoms with Gasteiger partial charge in [0.2, 0.25) is 0 Å². The maximum atomic E-state index is 12.9. The van der Waals surface area contributed by atoms with Crippen LogP contribution in [0.15, 0.2) is 52.1 Å². The zero-order valence-corrected chi connectivity index (χ0v) is 16.2. The molecule has 9 nitrogen and oxygen atoms in total. The van der Waals surface area contributed by atoms with E-state index in [1.807, 2.05) is 0 Å². The summed E-state index contributed by atoms with van der Waals surface area (Å²) in [6.45, 7) is 3.49. The van der Waals surface area contributed by atoms with E-state index in [4.69, 9.17) is 4.74 Å². The Hall–Kier alpha value is -3.95. The number of ether oxygens (including phenoxy) is 1. The first-order valence-corrected chi connectivity index (χ1v) is 9.09. The van der Waals surface area contributed by atoms with Crippen molar-refractivity contribution in [1.29, 1.82) is 0 Å². The molecule has 0 saturated heterocycles. The fourth-order valence-corrected chi connectivity index (χ4v) is 2.80. The van der Waals surface area contributed by atoms with E-state index in [9.17, 15) is 23.6 Å². The first-order valence-electron chi connectivity index (χ1n) is 9.09. The molecule has 1 heterocycles. The van der Waals surface area contributed by atoms with Crippen molar-refractivity contribution >= 4 is 22.8 Å². The molecule has 3 aromatic rings. The molecule has 1 unspecified atom stereocenters. The van der Waals surface area contributed by atoms with Crippen molar-refractivity contribution in [2.75, 3.05) is 0 Å². The number of carbonyl (C=O) groups is 2. The van der Waals surface area contributed by atoms with E-state index < -0.39 is 34.9 Å². The van der Waals surface area contributed by atoms with Crippen molar-refractivity contribution in [3.05, 3.63) is 74.6 Å². The Labute approximate surface area is 169 Å². The summed E-state index contributed by atoms with van der Waals surface area (Å²) in [5.74, 6) is -1.39. The van der Waals surface area contributed by atoms with Gasteiger partial charge in [-0.15, -0.1) is 0 Å². The van der Waals surface area contributed by atoms with Crippen molar-refractivity contribution in [2.24, 2.45) is 0 Å². The lowest BCUT2D eigenvalue weighted by Gasteiger charge is -2.15. The highest BCUT2D eigenvalue weighted by atomic mass is 19.1. The molecule has 0 aliphatic carbocycles. The van der Waals surface area contributed by atoms with Gasteiger partial charge in [0.25, 0.3) is 11.8 Å². The van der Waals surface area contributed by atoms with Gasteiger partial charge in [0.1, 0.15) is 11.6 Å². The van der Waals surface area contributed by atoms with Gasteiger partial charge in [-0.1, -0.05) is 0 Å². The predicted octanol–water partition coefficient (Wildman–Crippen LogP) is 1.08. The second-order valence-electron chi connectivity index (χ2n) is 6.39. The largest absolute Gasteiger partial charge is 0.481 e. The molecule has 1 atom stereocenters. The molecule has 0 aliphatic rings. The van der Waals surface area contributed by atoms with Gasteiger partial charge in [0.15, 0.2) is 6.10 Å². The molecule has 0 saturated carbocycles. The molecule has 0 fully saturated rings. The van der Waals surface area contributed by atoms with Gasteiger partial charge in [-0.2, -0.15) is 0 Å². The molecule has 0 bridgehead atoms. The van der Waals surface area contributed by atoms with Crippen LogP contribution in [0.4, 0.5) is 4.39 Å². The minimum absolute atomic E-state index is 0.159. The van der Waals surface area contributed by atoms with E-state index in [0.29, 0.717) is 23.3 Å². The fraction of sp³-hybridized carbons (Fsp3) is 0.200. The molecule has 1 aromatic heterocycles. The van der Waals surface area contributed by atoms with Crippen molar-refractivity contribution in [3.63, 3.8) is 0 Å². The lowest BCUT2D eigenvalue weighted by atomic mass is 10.2. The molecule has 2 aromatic carbocycles. The van der Waals surface area contributed by atoms with Gasteiger partial charge in [0, 0.05) is 12.1 Å².